The zero-order valence-electron chi connectivity index (χ0n) is 14.2. The highest BCUT2D eigenvalue weighted by atomic mass is 35.6. The van der Waals surface area contributed by atoms with Crippen molar-refractivity contribution in [2.75, 3.05) is 5.32 Å². The number of hydrogen-bond donors (Lipinski definition) is 3. The molecule has 29 heavy (non-hydrogen) atoms. The van der Waals surface area contributed by atoms with Gasteiger partial charge in [-0.3, -0.25) is 4.79 Å². The molecular formula is C17H12Cl4F3N3OS. The van der Waals surface area contributed by atoms with Crippen LogP contribution in [-0.2, 0) is 6.18 Å². The van der Waals surface area contributed by atoms with E-state index in [1.54, 1.807) is 12.1 Å². The van der Waals surface area contributed by atoms with Crippen LogP contribution in [0, 0.1) is 0 Å². The molecule has 0 heterocycles. The van der Waals surface area contributed by atoms with Crippen LogP contribution in [0.3, 0.4) is 0 Å². The molecule has 2 rings (SSSR count). The summed E-state index contributed by atoms with van der Waals surface area (Å²) in [7, 11) is 0. The van der Waals surface area contributed by atoms with Gasteiger partial charge in [-0.25, -0.2) is 0 Å². The molecule has 12 heteroatoms. The van der Waals surface area contributed by atoms with Gasteiger partial charge in [0.2, 0.25) is 3.79 Å². The maximum Gasteiger partial charge on any atom is 0.416 e. The van der Waals surface area contributed by atoms with Gasteiger partial charge in [-0.05, 0) is 42.5 Å². The molecule has 0 bridgehead atoms. The van der Waals surface area contributed by atoms with E-state index in [1.165, 1.54) is 24.3 Å². The lowest BCUT2D eigenvalue weighted by Crippen LogP contribution is -2.56. The zero-order valence-corrected chi connectivity index (χ0v) is 18.0. The second-order valence-electron chi connectivity index (χ2n) is 5.60. The number of halogens is 7. The first-order chi connectivity index (χ1) is 13.4. The number of carbonyl (C=O) groups is 1. The van der Waals surface area contributed by atoms with Crippen LogP contribution in [0.5, 0.6) is 0 Å². The summed E-state index contributed by atoms with van der Waals surface area (Å²) >= 11 is 28.7. The fraction of sp³-hybridized carbons (Fsp3) is 0.176. The highest BCUT2D eigenvalue weighted by Gasteiger charge is 2.35. The summed E-state index contributed by atoms with van der Waals surface area (Å²) in [5.74, 6) is -0.652. The molecule has 2 aromatic rings. The van der Waals surface area contributed by atoms with E-state index in [0.29, 0.717) is 0 Å². The summed E-state index contributed by atoms with van der Waals surface area (Å²) in [6, 6.07) is 10.6. The third kappa shape index (κ3) is 7.08. The van der Waals surface area contributed by atoms with Crippen LogP contribution >= 0.6 is 58.6 Å². The van der Waals surface area contributed by atoms with Crippen molar-refractivity contribution in [3.8, 4) is 0 Å². The maximum atomic E-state index is 12.8. The maximum absolute atomic E-state index is 12.8. The molecule has 0 radical (unpaired) electrons. The SMILES string of the molecule is O=C(NC(NC(=S)Nc1cccc(C(F)(F)F)c1)C(Cl)(Cl)Cl)c1ccccc1Cl. The molecule has 1 amide bonds. The first-order valence-corrected chi connectivity index (χ1v) is 9.67. The van der Waals surface area contributed by atoms with Crippen LogP contribution in [0.15, 0.2) is 48.5 Å². The smallest absolute Gasteiger partial charge is 0.339 e. The molecule has 1 atom stereocenters. The van der Waals surface area contributed by atoms with Gasteiger partial charge in [0, 0.05) is 5.69 Å². The lowest BCUT2D eigenvalue weighted by Gasteiger charge is -2.28. The predicted molar refractivity (Wildman–Crippen MR) is 114 cm³/mol. The highest BCUT2D eigenvalue weighted by molar-refractivity contribution is 7.80. The van der Waals surface area contributed by atoms with Gasteiger partial charge < -0.3 is 16.0 Å². The molecule has 0 fully saturated rings. The van der Waals surface area contributed by atoms with E-state index in [4.69, 9.17) is 58.6 Å². The summed E-state index contributed by atoms with van der Waals surface area (Å²) in [4.78, 5) is 12.4. The molecule has 4 nitrogen and oxygen atoms in total. The molecule has 0 aliphatic heterocycles. The highest BCUT2D eigenvalue weighted by Crippen LogP contribution is 2.31. The third-order valence-corrected chi connectivity index (χ3v) is 4.65. The zero-order chi connectivity index (χ0) is 21.8. The first kappa shape index (κ1) is 23.8. The van der Waals surface area contributed by atoms with Gasteiger partial charge >= 0.3 is 6.18 Å². The van der Waals surface area contributed by atoms with Gasteiger partial charge in [-0.2, -0.15) is 13.2 Å². The van der Waals surface area contributed by atoms with Gasteiger partial charge in [0.1, 0.15) is 6.17 Å². The van der Waals surface area contributed by atoms with Crippen molar-refractivity contribution in [1.29, 1.82) is 0 Å². The Kier molecular flexibility index (Phi) is 7.86. The number of nitrogens with one attached hydrogen (secondary N) is 3. The molecule has 0 aromatic heterocycles. The van der Waals surface area contributed by atoms with Gasteiger partial charge in [0.15, 0.2) is 5.11 Å². The van der Waals surface area contributed by atoms with Crippen LogP contribution in [-0.4, -0.2) is 21.0 Å². The van der Waals surface area contributed by atoms with Gasteiger partial charge in [0.25, 0.3) is 5.91 Å². The van der Waals surface area contributed by atoms with Crippen molar-refractivity contribution in [2.24, 2.45) is 0 Å². The Bertz CT molecular complexity index is 906. The molecule has 156 valence electrons. The van der Waals surface area contributed by atoms with E-state index in [2.05, 4.69) is 16.0 Å². The van der Waals surface area contributed by atoms with E-state index in [0.717, 1.165) is 12.1 Å². The van der Waals surface area contributed by atoms with E-state index in [-0.39, 0.29) is 21.4 Å². The largest absolute Gasteiger partial charge is 0.416 e. The molecule has 0 aliphatic carbocycles. The van der Waals surface area contributed by atoms with Crippen molar-refractivity contribution in [1.82, 2.24) is 10.6 Å². The standard InChI is InChI=1S/C17H12Cl4F3N3OS/c18-12-7-2-1-6-11(12)13(28)26-14(16(19,20)21)27-15(29)25-10-5-3-4-9(8-10)17(22,23)24/h1-8,14H,(H,26,28)(H2,25,27,29). The number of hydrogen-bond acceptors (Lipinski definition) is 2. The summed E-state index contributed by atoms with van der Waals surface area (Å²) < 4.78 is 36.4. The Morgan fingerprint density at radius 3 is 2.24 bits per heavy atom. The monoisotopic (exact) mass is 503 g/mol. The normalized spacial score (nSPS) is 12.8. The second-order valence-corrected chi connectivity index (χ2v) is 8.79. The van der Waals surface area contributed by atoms with E-state index < -0.39 is 27.6 Å². The van der Waals surface area contributed by atoms with Crippen molar-refractivity contribution >= 4 is 75.3 Å². The van der Waals surface area contributed by atoms with Crippen LogP contribution in [0.25, 0.3) is 0 Å². The number of rotatable bonds is 4. The lowest BCUT2D eigenvalue weighted by molar-refractivity contribution is -0.137. The van der Waals surface area contributed by atoms with Gasteiger partial charge in [-0.15, -0.1) is 0 Å². The summed E-state index contributed by atoms with van der Waals surface area (Å²) in [6.45, 7) is 0. The summed E-state index contributed by atoms with van der Waals surface area (Å²) in [6.07, 6.45) is -5.84. The number of alkyl halides is 6. The van der Waals surface area contributed by atoms with Gasteiger partial charge in [-0.1, -0.05) is 64.6 Å². The minimum absolute atomic E-state index is 0.0535. The topological polar surface area (TPSA) is 53.2 Å². The molecular weight excluding hydrogens is 493 g/mol. The van der Waals surface area contributed by atoms with Crippen LogP contribution in [0.2, 0.25) is 5.02 Å². The van der Waals surface area contributed by atoms with Crippen molar-refractivity contribution in [2.45, 2.75) is 16.1 Å². The Morgan fingerprint density at radius 2 is 1.66 bits per heavy atom. The number of amides is 1. The quantitative estimate of drug-likeness (QED) is 0.281. The second kappa shape index (κ2) is 9.57. The van der Waals surface area contributed by atoms with Crippen LogP contribution < -0.4 is 16.0 Å². The Hall–Kier alpha value is -1.45. The van der Waals surface area contributed by atoms with E-state index in [9.17, 15) is 18.0 Å². The van der Waals surface area contributed by atoms with Gasteiger partial charge in [0.05, 0.1) is 16.1 Å². The number of carbonyl (C=O) groups excluding carboxylic acids is 1. The minimum atomic E-state index is -4.52. The predicted octanol–water partition coefficient (Wildman–Crippen LogP) is 5.77. The third-order valence-electron chi connectivity index (χ3n) is 3.44. The first-order valence-electron chi connectivity index (χ1n) is 7.75. The Morgan fingerprint density at radius 1 is 1.00 bits per heavy atom. The fourth-order valence-corrected chi connectivity index (χ4v) is 2.91. The average Bonchev–Trinajstić information content (AvgIpc) is 2.60. The van der Waals surface area contributed by atoms with E-state index >= 15 is 0 Å². The molecule has 2 aromatic carbocycles. The van der Waals surface area contributed by atoms with Crippen LogP contribution in [0.4, 0.5) is 18.9 Å². The molecule has 3 N–H and O–H groups in total. The Labute approximate surface area is 189 Å². The minimum Gasteiger partial charge on any atom is -0.339 e. The lowest BCUT2D eigenvalue weighted by atomic mass is 10.2. The molecule has 1 unspecified atom stereocenters. The Balaban J connectivity index is 2.12. The van der Waals surface area contributed by atoms with Crippen molar-refractivity contribution < 1.29 is 18.0 Å². The number of benzene rings is 2. The molecule has 0 saturated carbocycles. The number of anilines is 1. The van der Waals surface area contributed by atoms with E-state index in [1.807, 2.05) is 0 Å². The average molecular weight is 505 g/mol. The molecule has 0 saturated heterocycles. The van der Waals surface area contributed by atoms with Crippen molar-refractivity contribution in [3.63, 3.8) is 0 Å². The molecule has 0 aliphatic rings. The summed E-state index contributed by atoms with van der Waals surface area (Å²) in [5.41, 5.74) is -0.681. The summed E-state index contributed by atoms with van der Waals surface area (Å²) in [5, 5.41) is 7.53. The van der Waals surface area contributed by atoms with Crippen LogP contribution in [0.1, 0.15) is 15.9 Å². The van der Waals surface area contributed by atoms with Crippen molar-refractivity contribution in [3.05, 3.63) is 64.7 Å². The number of thiocarbonyl (C=S) groups is 1. The fourth-order valence-electron chi connectivity index (χ4n) is 2.13. The molecule has 0 spiro atoms.